The molecule has 0 spiro atoms. The van der Waals surface area contributed by atoms with Crippen LogP contribution >= 0.6 is 0 Å². The van der Waals surface area contributed by atoms with E-state index in [9.17, 15) is 9.59 Å². The summed E-state index contributed by atoms with van der Waals surface area (Å²) in [6, 6.07) is 35.4. The molecule has 0 atom stereocenters. The summed E-state index contributed by atoms with van der Waals surface area (Å²) in [7, 11) is 0. The van der Waals surface area contributed by atoms with E-state index < -0.39 is 11.9 Å². The predicted octanol–water partition coefficient (Wildman–Crippen LogP) is 8.04. The number of carbonyl (C=O) groups is 2. The van der Waals surface area contributed by atoms with E-state index in [0.29, 0.717) is 0 Å². The fraction of sp³-hybridized carbons (Fsp3) is 0.0909. The highest BCUT2D eigenvalue weighted by Gasteiger charge is 2.14. The summed E-state index contributed by atoms with van der Waals surface area (Å²) < 4.78 is 0. The quantitative estimate of drug-likeness (QED) is 0.230. The van der Waals surface area contributed by atoms with Crippen LogP contribution in [-0.2, 0) is 0 Å². The molecule has 192 valence electrons. The Morgan fingerprint density at radius 2 is 1.03 bits per heavy atom. The first-order valence-corrected chi connectivity index (χ1v) is 12.2. The van der Waals surface area contributed by atoms with Crippen molar-refractivity contribution in [1.29, 1.82) is 0 Å². The van der Waals surface area contributed by atoms with Gasteiger partial charge in [-0.1, -0.05) is 103 Å². The fourth-order valence-corrected chi connectivity index (χ4v) is 3.96. The van der Waals surface area contributed by atoms with Crippen LogP contribution in [-0.4, -0.2) is 27.1 Å². The van der Waals surface area contributed by atoms with Crippen LogP contribution in [0.1, 0.15) is 37.4 Å². The van der Waals surface area contributed by atoms with E-state index in [2.05, 4.69) is 85.7 Å². The van der Waals surface area contributed by atoms with Crippen LogP contribution in [0.2, 0.25) is 0 Å². The molecule has 0 saturated heterocycles. The van der Waals surface area contributed by atoms with Crippen molar-refractivity contribution in [3.8, 4) is 22.4 Å². The highest BCUT2D eigenvalue weighted by Crippen LogP contribution is 2.33. The summed E-state index contributed by atoms with van der Waals surface area (Å²) in [6.45, 7) is 5.71. The lowest BCUT2D eigenvalue weighted by molar-refractivity contribution is 0.0696. The maximum Gasteiger partial charge on any atom is 0.335 e. The number of aromatic carboxylic acids is 2. The van der Waals surface area contributed by atoms with Crippen LogP contribution in [0.25, 0.3) is 22.4 Å². The zero-order valence-electron chi connectivity index (χ0n) is 21.7. The molecule has 0 aliphatic carbocycles. The molecule has 4 aromatic carbocycles. The first-order chi connectivity index (χ1) is 18.3. The summed E-state index contributed by atoms with van der Waals surface area (Å²) in [4.78, 5) is 24.6. The number of aromatic nitrogens is 1. The van der Waals surface area contributed by atoms with Crippen LogP contribution in [0, 0.1) is 20.8 Å². The van der Waals surface area contributed by atoms with E-state index in [-0.39, 0.29) is 16.7 Å². The highest BCUT2D eigenvalue weighted by atomic mass is 16.4. The summed E-state index contributed by atoms with van der Waals surface area (Å²) in [6.07, 6.45) is 2.07. The highest BCUT2D eigenvalue weighted by molar-refractivity contribution is 5.96. The molecular weight excluding hydrogens is 474 g/mol. The smallest absolute Gasteiger partial charge is 0.335 e. The number of aryl methyl sites for hydroxylation is 2. The molecule has 1 heterocycles. The summed E-state index contributed by atoms with van der Waals surface area (Å²) in [5, 5.41) is 17.4. The van der Waals surface area contributed by atoms with Crippen LogP contribution in [0.3, 0.4) is 0 Å². The molecule has 5 heteroatoms. The van der Waals surface area contributed by atoms with Gasteiger partial charge in [0.05, 0.1) is 16.8 Å². The number of rotatable bonds is 4. The number of benzene rings is 4. The first kappa shape index (κ1) is 27.7. The molecule has 0 amide bonds. The van der Waals surface area contributed by atoms with Gasteiger partial charge in [0.15, 0.2) is 0 Å². The molecule has 0 aliphatic rings. The van der Waals surface area contributed by atoms with Gasteiger partial charge in [0.25, 0.3) is 0 Å². The van der Waals surface area contributed by atoms with Crippen LogP contribution in [0.4, 0.5) is 0 Å². The van der Waals surface area contributed by atoms with Crippen LogP contribution in [0.15, 0.2) is 115 Å². The molecule has 0 saturated carbocycles. The second-order valence-electron chi connectivity index (χ2n) is 8.70. The Labute approximate surface area is 223 Å². The molecule has 0 aliphatic heterocycles. The summed E-state index contributed by atoms with van der Waals surface area (Å²) in [5.41, 5.74) is 7.91. The first-order valence-electron chi connectivity index (χ1n) is 12.2. The molecule has 0 radical (unpaired) electrons. The van der Waals surface area contributed by atoms with Gasteiger partial charge < -0.3 is 15.2 Å². The molecule has 0 fully saturated rings. The number of hydrogen-bond acceptors (Lipinski definition) is 2. The van der Waals surface area contributed by atoms with E-state index in [4.69, 9.17) is 10.2 Å². The van der Waals surface area contributed by atoms with Gasteiger partial charge in [0.2, 0.25) is 0 Å². The lowest BCUT2D eigenvalue weighted by Crippen LogP contribution is -2.06. The Morgan fingerprint density at radius 1 is 0.579 bits per heavy atom. The Hall–Kier alpha value is -4.90. The molecule has 5 nitrogen and oxygen atoms in total. The Bertz CT molecular complexity index is 1440. The number of carboxylic acids is 2. The standard InChI is InChI=1S/C17H15N.C9H8O4.C7H8/c1-13-12-18-17(15-10-6-3-7-11-15)16(13)14-8-4-2-5-9-14;1-5-6(8(10)11)3-2-4-7(5)9(12)13;1-7-5-3-2-4-6-7/h2-12,18H,1H3;2-4H,1H3,(H,10,11)(H,12,13);2-6H,1H3. The average Bonchev–Trinajstić information content (AvgIpc) is 3.32. The molecule has 38 heavy (non-hydrogen) atoms. The van der Waals surface area contributed by atoms with Gasteiger partial charge in [-0.3, -0.25) is 0 Å². The normalized spacial score (nSPS) is 9.87. The molecule has 5 aromatic rings. The zero-order valence-corrected chi connectivity index (χ0v) is 21.7. The fourth-order valence-electron chi connectivity index (χ4n) is 3.96. The monoisotopic (exact) mass is 505 g/mol. The minimum absolute atomic E-state index is 0.0277. The van der Waals surface area contributed by atoms with Crippen molar-refractivity contribution in [1.82, 2.24) is 4.98 Å². The van der Waals surface area contributed by atoms with Crippen molar-refractivity contribution in [2.75, 3.05) is 0 Å². The molecular formula is C33H31NO4. The van der Waals surface area contributed by atoms with E-state index in [0.717, 1.165) is 0 Å². The average molecular weight is 506 g/mol. The number of nitrogens with one attached hydrogen (secondary N) is 1. The number of hydrogen-bond donors (Lipinski definition) is 3. The lowest BCUT2D eigenvalue weighted by atomic mass is 9.99. The van der Waals surface area contributed by atoms with Crippen LogP contribution in [0.5, 0.6) is 0 Å². The Morgan fingerprint density at radius 3 is 1.45 bits per heavy atom. The number of H-pyrrole nitrogens is 1. The molecule has 3 N–H and O–H groups in total. The largest absolute Gasteiger partial charge is 0.478 e. The van der Waals surface area contributed by atoms with Crippen molar-refractivity contribution in [3.05, 3.63) is 143 Å². The van der Waals surface area contributed by atoms with E-state index in [1.165, 1.54) is 58.6 Å². The Kier molecular flexibility index (Phi) is 9.78. The predicted molar refractivity (Wildman–Crippen MR) is 153 cm³/mol. The number of aromatic amines is 1. The molecule has 0 unspecified atom stereocenters. The maximum absolute atomic E-state index is 10.6. The second kappa shape index (κ2) is 13.4. The summed E-state index contributed by atoms with van der Waals surface area (Å²) in [5.74, 6) is -2.22. The van der Waals surface area contributed by atoms with Gasteiger partial charge in [0, 0.05) is 11.8 Å². The van der Waals surface area contributed by atoms with Gasteiger partial charge in [-0.25, -0.2) is 9.59 Å². The second-order valence-corrected chi connectivity index (χ2v) is 8.70. The minimum Gasteiger partial charge on any atom is -0.478 e. The number of carboxylic acid groups (broad SMARTS) is 2. The van der Waals surface area contributed by atoms with Crippen molar-refractivity contribution >= 4 is 11.9 Å². The van der Waals surface area contributed by atoms with E-state index >= 15 is 0 Å². The van der Waals surface area contributed by atoms with E-state index in [1.807, 2.05) is 30.3 Å². The Balaban J connectivity index is 0.000000175. The van der Waals surface area contributed by atoms with Gasteiger partial charge >= 0.3 is 11.9 Å². The van der Waals surface area contributed by atoms with Crippen molar-refractivity contribution in [3.63, 3.8) is 0 Å². The van der Waals surface area contributed by atoms with Crippen molar-refractivity contribution in [2.24, 2.45) is 0 Å². The SMILES string of the molecule is Cc1c(C(=O)O)cccc1C(=O)O.Cc1c[nH]c(-c2ccccc2)c1-c1ccccc1.Cc1ccccc1. The third kappa shape index (κ3) is 7.31. The van der Waals surface area contributed by atoms with Gasteiger partial charge in [-0.05, 0) is 55.2 Å². The van der Waals surface area contributed by atoms with Crippen LogP contribution < -0.4 is 0 Å². The van der Waals surface area contributed by atoms with Gasteiger partial charge in [0.1, 0.15) is 0 Å². The third-order valence-electron chi connectivity index (χ3n) is 5.94. The van der Waals surface area contributed by atoms with E-state index in [1.54, 1.807) is 0 Å². The molecule has 0 bridgehead atoms. The van der Waals surface area contributed by atoms with Gasteiger partial charge in [-0.15, -0.1) is 0 Å². The summed E-state index contributed by atoms with van der Waals surface area (Å²) >= 11 is 0. The van der Waals surface area contributed by atoms with Crippen molar-refractivity contribution in [2.45, 2.75) is 20.8 Å². The maximum atomic E-state index is 10.6. The van der Waals surface area contributed by atoms with Crippen molar-refractivity contribution < 1.29 is 19.8 Å². The molecule has 5 rings (SSSR count). The lowest BCUT2D eigenvalue weighted by Gasteiger charge is -2.06. The minimum atomic E-state index is -1.11. The third-order valence-corrected chi connectivity index (χ3v) is 5.94. The van der Waals surface area contributed by atoms with Gasteiger partial charge in [-0.2, -0.15) is 0 Å². The zero-order chi connectivity index (χ0) is 27.5. The molecule has 1 aromatic heterocycles. The topological polar surface area (TPSA) is 90.4 Å².